The highest BCUT2D eigenvalue weighted by molar-refractivity contribution is 5.95. The maximum absolute atomic E-state index is 13.3. The normalized spacial score (nSPS) is 19.4. The number of carbonyl (C=O) groups excluding carboxylic acids is 2. The third-order valence-electron chi connectivity index (χ3n) is 6.28. The summed E-state index contributed by atoms with van der Waals surface area (Å²) in [5.74, 6) is 0.980. The van der Waals surface area contributed by atoms with Crippen molar-refractivity contribution in [1.82, 2.24) is 15.1 Å². The second-order valence-electron chi connectivity index (χ2n) is 8.61. The molecule has 3 rings (SSSR count). The highest BCUT2D eigenvalue weighted by atomic mass is 16.2. The molecule has 1 saturated heterocycles. The number of hydrogen-bond acceptors (Lipinski definition) is 3. The summed E-state index contributed by atoms with van der Waals surface area (Å²) in [5, 5.41) is 6.03. The molecule has 1 aromatic carbocycles. The molecule has 6 heteroatoms. The second-order valence-corrected chi connectivity index (χ2v) is 8.61. The predicted octanol–water partition coefficient (Wildman–Crippen LogP) is 3.65. The average Bonchev–Trinajstić information content (AvgIpc) is 3.23. The van der Waals surface area contributed by atoms with Crippen LogP contribution in [0.4, 0.5) is 10.5 Å². The Hall–Kier alpha value is -2.08. The topological polar surface area (TPSA) is 64.7 Å². The maximum atomic E-state index is 13.3. The Labute approximate surface area is 175 Å². The lowest BCUT2D eigenvalue weighted by Crippen LogP contribution is -2.58. The van der Waals surface area contributed by atoms with E-state index in [1.54, 1.807) is 0 Å². The number of hydrogen-bond donors (Lipinski definition) is 2. The zero-order valence-corrected chi connectivity index (χ0v) is 18.1. The van der Waals surface area contributed by atoms with E-state index in [2.05, 4.69) is 41.5 Å². The van der Waals surface area contributed by atoms with Crippen molar-refractivity contribution in [3.05, 3.63) is 29.8 Å². The predicted molar refractivity (Wildman–Crippen MR) is 117 cm³/mol. The standard InChI is InChI=1S/C23H36N4O2/c1-4-24-23(29)27-15-13-26(14-16-27)21(19-7-5-6-8-19)22(28)25-20-11-9-18(10-12-20)17(2)3/h9-12,17,19,21H,4-8,13-16H2,1-3H3,(H,24,29)(H,25,28)/t21-/m1/s1. The molecule has 1 aliphatic carbocycles. The molecule has 1 aliphatic heterocycles. The summed E-state index contributed by atoms with van der Waals surface area (Å²) in [7, 11) is 0. The summed E-state index contributed by atoms with van der Waals surface area (Å²) in [6.45, 7) is 9.76. The Morgan fingerprint density at radius 3 is 2.21 bits per heavy atom. The molecule has 2 aliphatic rings. The number of piperazine rings is 1. The highest BCUT2D eigenvalue weighted by Gasteiger charge is 2.37. The summed E-state index contributed by atoms with van der Waals surface area (Å²) in [4.78, 5) is 29.5. The fourth-order valence-corrected chi connectivity index (χ4v) is 4.58. The molecule has 3 amide bonds. The molecule has 0 bridgehead atoms. The Kier molecular flexibility index (Phi) is 7.53. The number of anilines is 1. The van der Waals surface area contributed by atoms with E-state index < -0.39 is 0 Å². The van der Waals surface area contributed by atoms with Gasteiger partial charge in [-0.2, -0.15) is 0 Å². The number of urea groups is 1. The van der Waals surface area contributed by atoms with E-state index in [-0.39, 0.29) is 18.0 Å². The third kappa shape index (κ3) is 5.50. The smallest absolute Gasteiger partial charge is 0.317 e. The molecular weight excluding hydrogens is 364 g/mol. The number of nitrogens with zero attached hydrogens (tertiary/aromatic N) is 2. The molecule has 0 radical (unpaired) electrons. The van der Waals surface area contributed by atoms with E-state index in [0.717, 1.165) is 31.6 Å². The molecule has 1 aromatic rings. The van der Waals surface area contributed by atoms with E-state index in [1.165, 1.54) is 18.4 Å². The first-order valence-corrected chi connectivity index (χ1v) is 11.2. The fourth-order valence-electron chi connectivity index (χ4n) is 4.58. The number of nitrogens with one attached hydrogen (secondary N) is 2. The van der Waals surface area contributed by atoms with Gasteiger partial charge in [0, 0.05) is 38.4 Å². The Morgan fingerprint density at radius 1 is 1.03 bits per heavy atom. The van der Waals surface area contributed by atoms with Crippen LogP contribution in [0.25, 0.3) is 0 Å². The van der Waals surface area contributed by atoms with E-state index in [9.17, 15) is 9.59 Å². The van der Waals surface area contributed by atoms with Gasteiger partial charge >= 0.3 is 6.03 Å². The Morgan fingerprint density at radius 2 is 1.66 bits per heavy atom. The van der Waals surface area contributed by atoms with Crippen LogP contribution in [0, 0.1) is 5.92 Å². The monoisotopic (exact) mass is 400 g/mol. The van der Waals surface area contributed by atoms with E-state index in [0.29, 0.717) is 31.5 Å². The van der Waals surface area contributed by atoms with Gasteiger partial charge in [-0.15, -0.1) is 0 Å². The van der Waals surface area contributed by atoms with Crippen molar-refractivity contribution in [1.29, 1.82) is 0 Å². The van der Waals surface area contributed by atoms with Gasteiger partial charge in [-0.25, -0.2) is 4.79 Å². The van der Waals surface area contributed by atoms with Gasteiger partial charge in [-0.05, 0) is 49.3 Å². The zero-order valence-electron chi connectivity index (χ0n) is 18.1. The highest BCUT2D eigenvalue weighted by Crippen LogP contribution is 2.31. The van der Waals surface area contributed by atoms with Crippen LogP contribution in [0.5, 0.6) is 0 Å². The van der Waals surface area contributed by atoms with E-state index in [1.807, 2.05) is 24.0 Å². The summed E-state index contributed by atoms with van der Waals surface area (Å²) >= 11 is 0. The van der Waals surface area contributed by atoms with Crippen molar-refractivity contribution in [2.24, 2.45) is 5.92 Å². The SMILES string of the molecule is CCNC(=O)N1CCN([C@@H](C(=O)Nc2ccc(C(C)C)cc2)C2CCCC2)CC1. The molecule has 1 atom stereocenters. The van der Waals surface area contributed by atoms with Gasteiger partial charge in [0.2, 0.25) is 5.91 Å². The lowest BCUT2D eigenvalue weighted by atomic mass is 9.94. The van der Waals surface area contributed by atoms with Crippen LogP contribution in [-0.2, 0) is 4.79 Å². The minimum Gasteiger partial charge on any atom is -0.338 e. The number of carbonyl (C=O) groups is 2. The van der Waals surface area contributed by atoms with Crippen LogP contribution < -0.4 is 10.6 Å². The molecule has 1 saturated carbocycles. The number of rotatable bonds is 6. The molecule has 0 unspecified atom stereocenters. The first kappa shape index (κ1) is 21.6. The quantitative estimate of drug-likeness (QED) is 0.766. The average molecular weight is 401 g/mol. The van der Waals surface area contributed by atoms with Crippen LogP contribution in [0.3, 0.4) is 0 Å². The zero-order chi connectivity index (χ0) is 20.8. The molecule has 1 heterocycles. The second kappa shape index (κ2) is 10.1. The van der Waals surface area contributed by atoms with Gasteiger partial charge in [0.1, 0.15) is 0 Å². The van der Waals surface area contributed by atoms with Gasteiger partial charge in [-0.1, -0.05) is 38.8 Å². The molecule has 2 fully saturated rings. The molecule has 2 N–H and O–H groups in total. The first-order valence-electron chi connectivity index (χ1n) is 11.2. The minimum absolute atomic E-state index is 0.000685. The lowest BCUT2D eigenvalue weighted by Gasteiger charge is -2.40. The van der Waals surface area contributed by atoms with Crippen LogP contribution >= 0.6 is 0 Å². The van der Waals surface area contributed by atoms with Crippen molar-refractivity contribution in [3.63, 3.8) is 0 Å². The summed E-state index contributed by atoms with van der Waals surface area (Å²) in [6.07, 6.45) is 4.63. The van der Waals surface area contributed by atoms with Gasteiger partial charge < -0.3 is 15.5 Å². The molecular formula is C23H36N4O2. The summed E-state index contributed by atoms with van der Waals surface area (Å²) in [6, 6.07) is 8.09. The van der Waals surface area contributed by atoms with Gasteiger partial charge in [0.15, 0.2) is 0 Å². The maximum Gasteiger partial charge on any atom is 0.317 e. The Balaban J connectivity index is 1.66. The molecule has 160 valence electrons. The van der Waals surface area contributed by atoms with Gasteiger partial charge in [0.05, 0.1) is 6.04 Å². The van der Waals surface area contributed by atoms with E-state index in [4.69, 9.17) is 0 Å². The van der Waals surface area contributed by atoms with Crippen molar-refractivity contribution >= 4 is 17.6 Å². The van der Waals surface area contributed by atoms with Crippen LogP contribution in [-0.4, -0.2) is 60.5 Å². The first-order chi connectivity index (χ1) is 14.0. The fraction of sp³-hybridized carbons (Fsp3) is 0.652. The van der Waals surface area contributed by atoms with Crippen LogP contribution in [0.1, 0.15) is 57.9 Å². The third-order valence-corrected chi connectivity index (χ3v) is 6.28. The van der Waals surface area contributed by atoms with Crippen molar-refractivity contribution in [2.45, 2.75) is 58.4 Å². The van der Waals surface area contributed by atoms with Crippen LogP contribution in [0.15, 0.2) is 24.3 Å². The number of benzene rings is 1. The van der Waals surface area contributed by atoms with Gasteiger partial charge in [-0.3, -0.25) is 9.69 Å². The van der Waals surface area contributed by atoms with Crippen molar-refractivity contribution < 1.29 is 9.59 Å². The molecule has 29 heavy (non-hydrogen) atoms. The summed E-state index contributed by atoms with van der Waals surface area (Å²) in [5.41, 5.74) is 2.14. The van der Waals surface area contributed by atoms with Crippen molar-refractivity contribution in [3.8, 4) is 0 Å². The molecule has 0 spiro atoms. The van der Waals surface area contributed by atoms with Crippen molar-refractivity contribution in [2.75, 3.05) is 38.0 Å². The molecule has 0 aromatic heterocycles. The lowest BCUT2D eigenvalue weighted by molar-refractivity contribution is -0.123. The largest absolute Gasteiger partial charge is 0.338 e. The summed E-state index contributed by atoms with van der Waals surface area (Å²) < 4.78 is 0. The number of amides is 3. The van der Waals surface area contributed by atoms with Gasteiger partial charge in [0.25, 0.3) is 0 Å². The minimum atomic E-state index is -0.112. The van der Waals surface area contributed by atoms with E-state index >= 15 is 0 Å². The molecule has 6 nitrogen and oxygen atoms in total. The Bertz CT molecular complexity index is 675. The van der Waals surface area contributed by atoms with Crippen LogP contribution in [0.2, 0.25) is 0 Å².